The topological polar surface area (TPSA) is 32.3 Å². The Labute approximate surface area is 165 Å². The average Bonchev–Trinajstić information content (AvgIpc) is 2.60. The largest absolute Gasteiger partial charge is 0.506 e. The van der Waals surface area contributed by atoms with Gasteiger partial charge in [-0.25, -0.2) is 0 Å². The molecule has 0 saturated heterocycles. The van der Waals surface area contributed by atoms with Crippen molar-refractivity contribution in [2.75, 3.05) is 5.32 Å². The number of hydrogen-bond donors (Lipinski definition) is 2. The molecule has 0 radical (unpaired) electrons. The molecule has 0 aliphatic rings. The standard InChI is InChI=1S/C19H14Cl3NOS/c20-13-5-8-18(24)17(9-13)23-11-12-3-1-2-4-19(12)25-14-6-7-15(21)16(22)10-14/h1-10,23-24H,11H2. The average molecular weight is 411 g/mol. The van der Waals surface area contributed by atoms with E-state index in [0.717, 1.165) is 15.4 Å². The number of phenols is 1. The zero-order chi connectivity index (χ0) is 17.8. The number of phenolic OH excluding ortho intramolecular Hbond substituents is 1. The summed E-state index contributed by atoms with van der Waals surface area (Å²) in [5.74, 6) is 0.166. The van der Waals surface area contributed by atoms with Gasteiger partial charge in [0.2, 0.25) is 0 Å². The van der Waals surface area contributed by atoms with Crippen molar-refractivity contribution in [1.29, 1.82) is 0 Å². The van der Waals surface area contributed by atoms with Crippen molar-refractivity contribution in [3.63, 3.8) is 0 Å². The van der Waals surface area contributed by atoms with Crippen LogP contribution in [-0.4, -0.2) is 5.11 Å². The Morgan fingerprint density at radius 3 is 2.48 bits per heavy atom. The van der Waals surface area contributed by atoms with Gasteiger partial charge in [0.25, 0.3) is 0 Å². The SMILES string of the molecule is Oc1ccc(Cl)cc1NCc1ccccc1Sc1ccc(Cl)c(Cl)c1. The molecule has 0 amide bonds. The Balaban J connectivity index is 1.78. The Morgan fingerprint density at radius 1 is 0.880 bits per heavy atom. The summed E-state index contributed by atoms with van der Waals surface area (Å²) in [6.45, 7) is 0.554. The molecule has 6 heteroatoms. The summed E-state index contributed by atoms with van der Waals surface area (Å²) in [7, 11) is 0. The van der Waals surface area contributed by atoms with Crippen LogP contribution < -0.4 is 5.32 Å². The second kappa shape index (κ2) is 8.24. The molecular formula is C19H14Cl3NOS. The molecule has 3 aromatic rings. The molecule has 25 heavy (non-hydrogen) atoms. The van der Waals surface area contributed by atoms with E-state index in [0.29, 0.717) is 27.3 Å². The molecule has 128 valence electrons. The lowest BCUT2D eigenvalue weighted by atomic mass is 10.2. The molecule has 3 rings (SSSR count). The molecule has 0 saturated carbocycles. The maximum Gasteiger partial charge on any atom is 0.138 e. The van der Waals surface area contributed by atoms with Gasteiger partial charge in [0.1, 0.15) is 5.75 Å². The monoisotopic (exact) mass is 409 g/mol. The van der Waals surface area contributed by atoms with E-state index in [1.165, 1.54) is 0 Å². The van der Waals surface area contributed by atoms with Crippen LogP contribution in [0.15, 0.2) is 70.5 Å². The van der Waals surface area contributed by atoms with Gasteiger partial charge in [-0.1, -0.05) is 64.8 Å². The van der Waals surface area contributed by atoms with Crippen molar-refractivity contribution >= 4 is 52.3 Å². The van der Waals surface area contributed by atoms with Crippen molar-refractivity contribution in [2.24, 2.45) is 0 Å². The number of benzene rings is 3. The second-order valence-corrected chi connectivity index (χ2v) is 7.67. The lowest BCUT2D eigenvalue weighted by Gasteiger charge is -2.13. The quantitative estimate of drug-likeness (QED) is 0.439. The second-order valence-electron chi connectivity index (χ2n) is 5.30. The molecule has 0 bridgehead atoms. The van der Waals surface area contributed by atoms with Gasteiger partial charge in [0.05, 0.1) is 15.7 Å². The Kier molecular flexibility index (Phi) is 6.02. The predicted molar refractivity (Wildman–Crippen MR) is 107 cm³/mol. The van der Waals surface area contributed by atoms with Crippen LogP contribution in [0.3, 0.4) is 0 Å². The van der Waals surface area contributed by atoms with Crippen molar-refractivity contribution in [3.05, 3.63) is 81.3 Å². The maximum absolute atomic E-state index is 9.92. The van der Waals surface area contributed by atoms with Gasteiger partial charge in [0, 0.05) is 21.4 Å². The number of halogens is 3. The minimum atomic E-state index is 0.166. The first-order valence-electron chi connectivity index (χ1n) is 7.46. The van der Waals surface area contributed by atoms with Crippen molar-refractivity contribution in [2.45, 2.75) is 16.3 Å². The van der Waals surface area contributed by atoms with Crippen LogP contribution in [-0.2, 0) is 6.54 Å². The first-order valence-corrected chi connectivity index (χ1v) is 9.41. The third-order valence-electron chi connectivity index (χ3n) is 3.52. The Hall–Kier alpha value is -1.52. The van der Waals surface area contributed by atoms with Crippen LogP contribution in [0.4, 0.5) is 5.69 Å². The van der Waals surface area contributed by atoms with Crippen LogP contribution in [0.2, 0.25) is 15.1 Å². The third-order valence-corrected chi connectivity index (χ3v) is 5.60. The number of hydrogen-bond acceptors (Lipinski definition) is 3. The fourth-order valence-electron chi connectivity index (χ4n) is 2.26. The highest BCUT2D eigenvalue weighted by Gasteiger charge is 2.08. The summed E-state index contributed by atoms with van der Waals surface area (Å²) in [6.07, 6.45) is 0. The van der Waals surface area contributed by atoms with Crippen molar-refractivity contribution < 1.29 is 5.11 Å². The normalized spacial score (nSPS) is 10.7. The maximum atomic E-state index is 9.92. The van der Waals surface area contributed by atoms with Gasteiger partial charge >= 0.3 is 0 Å². The fraction of sp³-hybridized carbons (Fsp3) is 0.0526. The van der Waals surface area contributed by atoms with E-state index in [2.05, 4.69) is 5.32 Å². The predicted octanol–water partition coefficient (Wildman–Crippen LogP) is 7.12. The molecule has 2 N–H and O–H groups in total. The fourth-order valence-corrected chi connectivity index (χ4v) is 3.78. The Morgan fingerprint density at radius 2 is 1.68 bits per heavy atom. The zero-order valence-corrected chi connectivity index (χ0v) is 16.1. The highest BCUT2D eigenvalue weighted by atomic mass is 35.5. The molecule has 0 aliphatic heterocycles. The van der Waals surface area contributed by atoms with E-state index in [4.69, 9.17) is 34.8 Å². The van der Waals surface area contributed by atoms with Crippen LogP contribution in [0, 0.1) is 0 Å². The van der Waals surface area contributed by atoms with Gasteiger partial charge in [-0.05, 0) is 48.0 Å². The summed E-state index contributed by atoms with van der Waals surface area (Å²) < 4.78 is 0. The van der Waals surface area contributed by atoms with E-state index in [9.17, 15) is 5.11 Å². The molecule has 0 spiro atoms. The van der Waals surface area contributed by atoms with E-state index < -0.39 is 0 Å². The smallest absolute Gasteiger partial charge is 0.138 e. The highest BCUT2D eigenvalue weighted by Crippen LogP contribution is 2.35. The Bertz CT molecular complexity index is 902. The number of aromatic hydroxyl groups is 1. The van der Waals surface area contributed by atoms with E-state index in [1.54, 1.807) is 36.0 Å². The van der Waals surface area contributed by atoms with Gasteiger partial charge in [0.15, 0.2) is 0 Å². The zero-order valence-electron chi connectivity index (χ0n) is 13.0. The van der Waals surface area contributed by atoms with Gasteiger partial charge in [-0.15, -0.1) is 0 Å². The van der Waals surface area contributed by atoms with Crippen molar-refractivity contribution in [1.82, 2.24) is 0 Å². The molecule has 3 aromatic carbocycles. The number of nitrogens with one attached hydrogen (secondary N) is 1. The third kappa shape index (κ3) is 4.77. The van der Waals surface area contributed by atoms with Crippen molar-refractivity contribution in [3.8, 4) is 5.75 Å². The van der Waals surface area contributed by atoms with E-state index >= 15 is 0 Å². The summed E-state index contributed by atoms with van der Waals surface area (Å²) in [6, 6.07) is 18.5. The van der Waals surface area contributed by atoms with Crippen LogP contribution in [0.25, 0.3) is 0 Å². The van der Waals surface area contributed by atoms with Gasteiger partial charge in [-0.3, -0.25) is 0 Å². The minimum absolute atomic E-state index is 0.166. The minimum Gasteiger partial charge on any atom is -0.506 e. The molecule has 2 nitrogen and oxygen atoms in total. The van der Waals surface area contributed by atoms with Crippen LogP contribution in [0.5, 0.6) is 5.75 Å². The molecule has 0 heterocycles. The van der Waals surface area contributed by atoms with Crippen LogP contribution in [0.1, 0.15) is 5.56 Å². The summed E-state index contributed by atoms with van der Waals surface area (Å²) >= 11 is 19.7. The highest BCUT2D eigenvalue weighted by molar-refractivity contribution is 7.99. The summed E-state index contributed by atoms with van der Waals surface area (Å²) in [4.78, 5) is 2.10. The molecular weight excluding hydrogens is 397 g/mol. The lowest BCUT2D eigenvalue weighted by molar-refractivity contribution is 0.477. The summed E-state index contributed by atoms with van der Waals surface area (Å²) in [5, 5.41) is 14.8. The number of anilines is 1. The van der Waals surface area contributed by atoms with E-state index in [-0.39, 0.29) is 5.75 Å². The first kappa shape index (κ1) is 18.3. The first-order chi connectivity index (χ1) is 12.0. The molecule has 0 aliphatic carbocycles. The molecule has 0 unspecified atom stereocenters. The molecule has 0 atom stereocenters. The molecule has 0 aromatic heterocycles. The van der Waals surface area contributed by atoms with E-state index in [1.807, 2.05) is 36.4 Å². The number of rotatable bonds is 5. The van der Waals surface area contributed by atoms with Gasteiger partial charge in [-0.2, -0.15) is 0 Å². The summed E-state index contributed by atoms with van der Waals surface area (Å²) in [5.41, 5.74) is 1.69. The van der Waals surface area contributed by atoms with Crippen LogP contribution >= 0.6 is 46.6 Å². The molecule has 0 fully saturated rings. The van der Waals surface area contributed by atoms with Gasteiger partial charge < -0.3 is 10.4 Å². The lowest BCUT2D eigenvalue weighted by Crippen LogP contribution is -2.01.